The van der Waals surface area contributed by atoms with Gasteiger partial charge < -0.3 is 14.8 Å². The van der Waals surface area contributed by atoms with Crippen molar-refractivity contribution in [3.8, 4) is 5.75 Å². The minimum absolute atomic E-state index is 0.234. The standard InChI is InChI=1S/C16H15NO5/c1-22-12-5-2-10(3-6-12)8-11-4-7-13(17-11)14(18)9-15(19)16(20)21/h2-7,17H,8-9H2,1H3,(H,20,21). The van der Waals surface area contributed by atoms with Gasteiger partial charge in [-0.2, -0.15) is 0 Å². The molecule has 6 heteroatoms. The highest BCUT2D eigenvalue weighted by Gasteiger charge is 2.18. The zero-order chi connectivity index (χ0) is 16.1. The van der Waals surface area contributed by atoms with Crippen LogP contribution in [0.2, 0.25) is 0 Å². The second-order valence-electron chi connectivity index (χ2n) is 4.75. The molecule has 1 aromatic carbocycles. The first-order valence-corrected chi connectivity index (χ1v) is 6.59. The molecule has 2 N–H and O–H groups in total. The zero-order valence-electron chi connectivity index (χ0n) is 12.0. The fourth-order valence-corrected chi connectivity index (χ4v) is 1.99. The van der Waals surface area contributed by atoms with Crippen LogP contribution in [-0.2, 0) is 16.0 Å². The number of benzene rings is 1. The number of methoxy groups -OCH3 is 1. The molecule has 0 bridgehead atoms. The van der Waals surface area contributed by atoms with Crippen LogP contribution in [0.4, 0.5) is 0 Å². The lowest BCUT2D eigenvalue weighted by Crippen LogP contribution is -2.17. The van der Waals surface area contributed by atoms with Crippen molar-refractivity contribution in [2.75, 3.05) is 7.11 Å². The van der Waals surface area contributed by atoms with E-state index >= 15 is 0 Å². The van der Waals surface area contributed by atoms with E-state index in [1.807, 2.05) is 24.3 Å². The number of ether oxygens (including phenoxy) is 1. The number of nitrogens with one attached hydrogen (secondary N) is 1. The Kier molecular flexibility index (Phi) is 4.73. The predicted octanol–water partition coefficient (Wildman–Crippen LogP) is 1.84. The lowest BCUT2D eigenvalue weighted by molar-refractivity contribution is -0.148. The van der Waals surface area contributed by atoms with E-state index in [0.29, 0.717) is 6.42 Å². The summed E-state index contributed by atoms with van der Waals surface area (Å²) in [4.78, 5) is 36.2. The van der Waals surface area contributed by atoms with Crippen LogP contribution in [0.5, 0.6) is 5.75 Å². The number of carbonyl (C=O) groups is 3. The Labute approximate surface area is 126 Å². The predicted molar refractivity (Wildman–Crippen MR) is 78.2 cm³/mol. The Morgan fingerprint density at radius 1 is 1.09 bits per heavy atom. The van der Waals surface area contributed by atoms with Gasteiger partial charge in [0, 0.05) is 12.1 Å². The molecule has 0 radical (unpaired) electrons. The maximum atomic E-state index is 11.8. The van der Waals surface area contributed by atoms with Crippen molar-refractivity contribution in [1.29, 1.82) is 0 Å². The third-order valence-corrected chi connectivity index (χ3v) is 3.16. The largest absolute Gasteiger partial charge is 0.497 e. The Balaban J connectivity index is 2.02. The van der Waals surface area contributed by atoms with E-state index in [2.05, 4.69) is 4.98 Å². The van der Waals surface area contributed by atoms with Crippen LogP contribution in [0.15, 0.2) is 36.4 Å². The third kappa shape index (κ3) is 3.82. The summed E-state index contributed by atoms with van der Waals surface area (Å²) < 4.78 is 5.08. The molecule has 22 heavy (non-hydrogen) atoms. The summed E-state index contributed by atoms with van der Waals surface area (Å²) in [6.45, 7) is 0. The van der Waals surface area contributed by atoms with Crippen molar-refractivity contribution < 1.29 is 24.2 Å². The highest BCUT2D eigenvalue weighted by molar-refractivity contribution is 6.37. The van der Waals surface area contributed by atoms with Gasteiger partial charge in [0.05, 0.1) is 19.2 Å². The van der Waals surface area contributed by atoms with Gasteiger partial charge in [0.1, 0.15) is 5.75 Å². The number of aromatic amines is 1. The number of carbonyl (C=O) groups excluding carboxylic acids is 2. The lowest BCUT2D eigenvalue weighted by atomic mass is 10.1. The van der Waals surface area contributed by atoms with E-state index in [9.17, 15) is 14.4 Å². The number of carboxylic acids is 1. The molecule has 2 aromatic rings. The Morgan fingerprint density at radius 2 is 1.77 bits per heavy atom. The van der Waals surface area contributed by atoms with Crippen molar-refractivity contribution in [2.24, 2.45) is 0 Å². The summed E-state index contributed by atoms with van der Waals surface area (Å²) in [7, 11) is 1.59. The highest BCUT2D eigenvalue weighted by Crippen LogP contribution is 2.15. The van der Waals surface area contributed by atoms with Gasteiger partial charge >= 0.3 is 5.97 Å². The highest BCUT2D eigenvalue weighted by atomic mass is 16.5. The molecule has 6 nitrogen and oxygen atoms in total. The fourth-order valence-electron chi connectivity index (χ4n) is 1.99. The van der Waals surface area contributed by atoms with Crippen LogP contribution in [0.25, 0.3) is 0 Å². The van der Waals surface area contributed by atoms with Gasteiger partial charge in [0.25, 0.3) is 0 Å². The van der Waals surface area contributed by atoms with Crippen molar-refractivity contribution in [2.45, 2.75) is 12.8 Å². The molecular formula is C16H15NO5. The summed E-state index contributed by atoms with van der Waals surface area (Å²) >= 11 is 0. The molecule has 1 heterocycles. The summed E-state index contributed by atoms with van der Waals surface area (Å²) in [5, 5.41) is 8.50. The molecule has 0 fully saturated rings. The minimum atomic E-state index is -1.60. The molecule has 0 aliphatic carbocycles. The van der Waals surface area contributed by atoms with Gasteiger partial charge in [-0.15, -0.1) is 0 Å². The van der Waals surface area contributed by atoms with Crippen molar-refractivity contribution >= 4 is 17.5 Å². The molecule has 0 aliphatic heterocycles. The normalized spacial score (nSPS) is 10.2. The molecule has 0 amide bonds. The molecule has 0 atom stereocenters. The number of aliphatic carboxylic acids is 1. The molecule has 0 spiro atoms. The van der Waals surface area contributed by atoms with Crippen molar-refractivity contribution in [3.63, 3.8) is 0 Å². The number of carboxylic acid groups (broad SMARTS) is 1. The summed E-state index contributed by atoms with van der Waals surface area (Å²) in [5.41, 5.74) is 2.07. The minimum Gasteiger partial charge on any atom is -0.497 e. The number of Topliss-reactive ketones (excluding diaryl/α,β-unsaturated/α-hetero) is 2. The van der Waals surface area contributed by atoms with Gasteiger partial charge in [0.2, 0.25) is 5.78 Å². The van der Waals surface area contributed by atoms with Crippen molar-refractivity contribution in [1.82, 2.24) is 4.98 Å². The van der Waals surface area contributed by atoms with E-state index in [4.69, 9.17) is 9.84 Å². The van der Waals surface area contributed by atoms with Crippen LogP contribution in [0.1, 0.15) is 28.2 Å². The van der Waals surface area contributed by atoms with E-state index in [1.54, 1.807) is 19.2 Å². The van der Waals surface area contributed by atoms with Crippen LogP contribution < -0.4 is 4.74 Å². The van der Waals surface area contributed by atoms with Crippen LogP contribution in [0.3, 0.4) is 0 Å². The van der Waals surface area contributed by atoms with E-state index in [1.165, 1.54) is 0 Å². The van der Waals surface area contributed by atoms with Crippen LogP contribution in [-0.4, -0.2) is 34.7 Å². The monoisotopic (exact) mass is 301 g/mol. The van der Waals surface area contributed by atoms with E-state index in [0.717, 1.165) is 17.0 Å². The fraction of sp³-hybridized carbons (Fsp3) is 0.188. The van der Waals surface area contributed by atoms with E-state index < -0.39 is 24.0 Å². The average molecular weight is 301 g/mol. The van der Waals surface area contributed by atoms with Crippen LogP contribution >= 0.6 is 0 Å². The molecule has 2 rings (SSSR count). The number of rotatable bonds is 7. The number of H-pyrrole nitrogens is 1. The SMILES string of the molecule is COc1ccc(Cc2ccc(C(=O)CC(=O)C(=O)O)[nH]2)cc1. The second kappa shape index (κ2) is 6.71. The van der Waals surface area contributed by atoms with Gasteiger partial charge in [0.15, 0.2) is 5.78 Å². The molecular weight excluding hydrogens is 286 g/mol. The molecule has 0 unspecified atom stereocenters. The number of hydrogen-bond acceptors (Lipinski definition) is 4. The summed E-state index contributed by atoms with van der Waals surface area (Å²) in [6.07, 6.45) is -0.0536. The van der Waals surface area contributed by atoms with Gasteiger partial charge in [-0.3, -0.25) is 9.59 Å². The summed E-state index contributed by atoms with van der Waals surface area (Å²) in [5.74, 6) is -2.48. The maximum absolute atomic E-state index is 11.8. The first kappa shape index (κ1) is 15.5. The summed E-state index contributed by atoms with van der Waals surface area (Å²) in [6, 6.07) is 10.8. The number of aromatic nitrogens is 1. The Bertz CT molecular complexity index is 700. The van der Waals surface area contributed by atoms with Crippen LogP contribution in [0, 0.1) is 0 Å². The Morgan fingerprint density at radius 3 is 2.36 bits per heavy atom. The average Bonchev–Trinajstić information content (AvgIpc) is 2.96. The molecule has 0 saturated carbocycles. The smallest absolute Gasteiger partial charge is 0.372 e. The number of hydrogen-bond donors (Lipinski definition) is 2. The van der Waals surface area contributed by atoms with Gasteiger partial charge in [-0.25, -0.2) is 4.79 Å². The maximum Gasteiger partial charge on any atom is 0.372 e. The molecule has 0 saturated heterocycles. The molecule has 114 valence electrons. The second-order valence-corrected chi connectivity index (χ2v) is 4.75. The Hall–Kier alpha value is -2.89. The zero-order valence-corrected chi connectivity index (χ0v) is 12.0. The topological polar surface area (TPSA) is 96.5 Å². The van der Waals surface area contributed by atoms with Crippen molar-refractivity contribution in [3.05, 3.63) is 53.3 Å². The van der Waals surface area contributed by atoms with Gasteiger partial charge in [-0.05, 0) is 29.8 Å². The van der Waals surface area contributed by atoms with E-state index in [-0.39, 0.29) is 5.69 Å². The number of ketones is 2. The van der Waals surface area contributed by atoms with Gasteiger partial charge in [-0.1, -0.05) is 12.1 Å². The third-order valence-electron chi connectivity index (χ3n) is 3.16. The lowest BCUT2D eigenvalue weighted by Gasteiger charge is -2.02. The first-order valence-electron chi connectivity index (χ1n) is 6.59. The quantitative estimate of drug-likeness (QED) is 0.462. The first-order chi connectivity index (χ1) is 10.5. The molecule has 0 aliphatic rings. The molecule has 1 aromatic heterocycles.